The highest BCUT2D eigenvalue weighted by Crippen LogP contribution is 2.40. The van der Waals surface area contributed by atoms with E-state index < -0.39 is 0 Å². The van der Waals surface area contributed by atoms with Crippen molar-refractivity contribution < 1.29 is 9.59 Å². The number of hydrogen-bond donors (Lipinski definition) is 2. The molecule has 1 aliphatic heterocycles. The summed E-state index contributed by atoms with van der Waals surface area (Å²) in [4.78, 5) is 22.9. The number of carbonyl (C=O) groups is 2. The Morgan fingerprint density at radius 3 is 2.72 bits per heavy atom. The van der Waals surface area contributed by atoms with Crippen LogP contribution in [0.5, 0.6) is 0 Å². The van der Waals surface area contributed by atoms with Crippen molar-refractivity contribution in [3.63, 3.8) is 0 Å². The first-order valence-electron chi connectivity index (χ1n) is 6.39. The maximum absolute atomic E-state index is 11.9. The van der Waals surface area contributed by atoms with Gasteiger partial charge in [0.15, 0.2) is 0 Å². The fourth-order valence-corrected chi connectivity index (χ4v) is 2.52. The van der Waals surface area contributed by atoms with Gasteiger partial charge in [0.25, 0.3) is 0 Å². The van der Waals surface area contributed by atoms with Gasteiger partial charge in [0, 0.05) is 18.4 Å². The highest BCUT2D eigenvalue weighted by Gasteiger charge is 2.41. The molecule has 4 heteroatoms. The summed E-state index contributed by atoms with van der Waals surface area (Å²) in [7, 11) is 0. The number of hydrogen-bond acceptors (Lipinski definition) is 2. The monoisotopic (exact) mass is 244 g/mol. The normalized spacial score (nSPS) is 29.8. The summed E-state index contributed by atoms with van der Waals surface area (Å²) in [5.41, 5.74) is 1.28. The molecule has 18 heavy (non-hydrogen) atoms. The Bertz CT molecular complexity index is 472. The minimum absolute atomic E-state index is 0.0226. The van der Waals surface area contributed by atoms with E-state index in [0.29, 0.717) is 18.8 Å². The van der Waals surface area contributed by atoms with Gasteiger partial charge in [0.1, 0.15) is 6.04 Å². The number of carbonyl (C=O) groups excluding carboxylic acids is 2. The minimum Gasteiger partial charge on any atom is -0.351 e. The molecule has 1 heterocycles. The second kappa shape index (κ2) is 4.44. The van der Waals surface area contributed by atoms with Crippen LogP contribution in [0.4, 0.5) is 0 Å². The fraction of sp³-hybridized carbons (Fsp3) is 0.429. The maximum atomic E-state index is 11.9. The third-order valence-corrected chi connectivity index (χ3v) is 3.66. The number of amides is 2. The van der Waals surface area contributed by atoms with Crippen LogP contribution in [0.1, 0.15) is 30.7 Å². The first-order valence-corrected chi connectivity index (χ1v) is 6.39. The highest BCUT2D eigenvalue weighted by molar-refractivity contribution is 5.91. The summed E-state index contributed by atoms with van der Waals surface area (Å²) in [5.74, 6) is 0.377. The molecule has 94 valence electrons. The minimum atomic E-state index is -0.325. The lowest BCUT2D eigenvalue weighted by molar-refractivity contribution is -0.125. The lowest BCUT2D eigenvalue weighted by Crippen LogP contribution is -2.42. The molecule has 1 aromatic rings. The SMILES string of the molecule is O=C1CC[C@H](C(=O)N[C@@H]2C[C@H]2c2ccccc2)N1. The predicted octanol–water partition coefficient (Wildman–Crippen LogP) is 0.937. The van der Waals surface area contributed by atoms with Gasteiger partial charge in [-0.15, -0.1) is 0 Å². The van der Waals surface area contributed by atoms with E-state index in [0.717, 1.165) is 6.42 Å². The molecular formula is C14H16N2O2. The van der Waals surface area contributed by atoms with Crippen LogP contribution in [0.25, 0.3) is 0 Å². The smallest absolute Gasteiger partial charge is 0.242 e. The van der Waals surface area contributed by atoms with Gasteiger partial charge in [0.2, 0.25) is 11.8 Å². The zero-order valence-electron chi connectivity index (χ0n) is 10.1. The number of rotatable bonds is 3. The predicted molar refractivity (Wildman–Crippen MR) is 66.9 cm³/mol. The van der Waals surface area contributed by atoms with Gasteiger partial charge in [-0.2, -0.15) is 0 Å². The summed E-state index contributed by atoms with van der Waals surface area (Å²) >= 11 is 0. The Labute approximate surface area is 106 Å². The van der Waals surface area contributed by atoms with E-state index in [1.807, 2.05) is 18.2 Å². The molecule has 2 amide bonds. The van der Waals surface area contributed by atoms with Crippen molar-refractivity contribution in [3.05, 3.63) is 35.9 Å². The van der Waals surface area contributed by atoms with E-state index in [-0.39, 0.29) is 23.9 Å². The molecule has 2 fully saturated rings. The standard InChI is InChI=1S/C14H16N2O2/c17-13-7-6-11(15-13)14(18)16-12-8-10(12)9-4-2-1-3-5-9/h1-5,10-12H,6-8H2,(H,15,17)(H,16,18)/t10-,11+,12+/m0/s1. The lowest BCUT2D eigenvalue weighted by Gasteiger charge is -2.10. The molecule has 1 saturated heterocycles. The van der Waals surface area contributed by atoms with Crippen LogP contribution >= 0.6 is 0 Å². The van der Waals surface area contributed by atoms with Crippen LogP contribution in [0.2, 0.25) is 0 Å². The second-order valence-electron chi connectivity index (χ2n) is 5.03. The van der Waals surface area contributed by atoms with E-state index >= 15 is 0 Å². The number of benzene rings is 1. The highest BCUT2D eigenvalue weighted by atomic mass is 16.2. The first-order chi connectivity index (χ1) is 8.74. The molecule has 0 aromatic heterocycles. The van der Waals surface area contributed by atoms with E-state index in [9.17, 15) is 9.59 Å². The van der Waals surface area contributed by atoms with Crippen LogP contribution in [0, 0.1) is 0 Å². The molecule has 3 rings (SSSR count). The summed E-state index contributed by atoms with van der Waals surface area (Å²) in [6, 6.07) is 10.1. The molecule has 3 atom stereocenters. The average Bonchev–Trinajstić information content (AvgIpc) is 3.01. The van der Waals surface area contributed by atoms with Crippen LogP contribution in [0.3, 0.4) is 0 Å². The second-order valence-corrected chi connectivity index (χ2v) is 5.03. The van der Waals surface area contributed by atoms with Gasteiger partial charge in [-0.1, -0.05) is 30.3 Å². The Balaban J connectivity index is 1.54. The Hall–Kier alpha value is -1.84. The molecule has 1 saturated carbocycles. The molecule has 1 aliphatic carbocycles. The zero-order chi connectivity index (χ0) is 12.5. The van der Waals surface area contributed by atoms with Crippen molar-refractivity contribution in [2.45, 2.75) is 37.3 Å². The largest absolute Gasteiger partial charge is 0.351 e. The molecule has 0 unspecified atom stereocenters. The third kappa shape index (κ3) is 2.23. The summed E-state index contributed by atoms with van der Waals surface area (Å²) < 4.78 is 0. The maximum Gasteiger partial charge on any atom is 0.242 e. The van der Waals surface area contributed by atoms with Crippen LogP contribution < -0.4 is 10.6 Å². The Kier molecular flexibility index (Phi) is 2.78. The van der Waals surface area contributed by atoms with Crippen LogP contribution in [-0.4, -0.2) is 23.9 Å². The van der Waals surface area contributed by atoms with E-state index in [1.165, 1.54) is 5.56 Å². The summed E-state index contributed by atoms with van der Waals surface area (Å²) in [5, 5.41) is 5.70. The summed E-state index contributed by atoms with van der Waals surface area (Å²) in [6.07, 6.45) is 2.08. The van der Waals surface area contributed by atoms with Crippen LogP contribution in [0.15, 0.2) is 30.3 Å². The van der Waals surface area contributed by atoms with Crippen LogP contribution in [-0.2, 0) is 9.59 Å². The van der Waals surface area contributed by atoms with Crippen molar-refractivity contribution in [2.75, 3.05) is 0 Å². The van der Waals surface area contributed by atoms with Crippen molar-refractivity contribution in [3.8, 4) is 0 Å². The molecule has 0 radical (unpaired) electrons. The first kappa shape index (κ1) is 11.3. The van der Waals surface area contributed by atoms with Crippen molar-refractivity contribution in [1.29, 1.82) is 0 Å². The quantitative estimate of drug-likeness (QED) is 0.831. The molecule has 2 aliphatic rings. The third-order valence-electron chi connectivity index (χ3n) is 3.66. The molecule has 2 N–H and O–H groups in total. The molecule has 0 spiro atoms. The Morgan fingerprint density at radius 2 is 2.06 bits per heavy atom. The van der Waals surface area contributed by atoms with E-state index in [2.05, 4.69) is 22.8 Å². The fourth-order valence-electron chi connectivity index (χ4n) is 2.52. The number of nitrogens with one attached hydrogen (secondary N) is 2. The summed E-state index contributed by atoms with van der Waals surface area (Å²) in [6.45, 7) is 0. The van der Waals surface area contributed by atoms with Crippen molar-refractivity contribution in [2.24, 2.45) is 0 Å². The lowest BCUT2D eigenvalue weighted by atomic mass is 10.1. The van der Waals surface area contributed by atoms with Gasteiger partial charge >= 0.3 is 0 Å². The van der Waals surface area contributed by atoms with Gasteiger partial charge in [0.05, 0.1) is 0 Å². The molecule has 1 aromatic carbocycles. The van der Waals surface area contributed by atoms with Crippen molar-refractivity contribution in [1.82, 2.24) is 10.6 Å². The van der Waals surface area contributed by atoms with Gasteiger partial charge in [-0.25, -0.2) is 0 Å². The van der Waals surface area contributed by atoms with E-state index in [1.54, 1.807) is 0 Å². The van der Waals surface area contributed by atoms with Crippen molar-refractivity contribution >= 4 is 11.8 Å². The molecule has 0 bridgehead atoms. The molecule has 4 nitrogen and oxygen atoms in total. The van der Waals surface area contributed by atoms with Gasteiger partial charge < -0.3 is 10.6 Å². The van der Waals surface area contributed by atoms with E-state index in [4.69, 9.17) is 0 Å². The Morgan fingerprint density at radius 1 is 1.28 bits per heavy atom. The molecular weight excluding hydrogens is 228 g/mol. The topological polar surface area (TPSA) is 58.2 Å². The van der Waals surface area contributed by atoms with Gasteiger partial charge in [-0.3, -0.25) is 9.59 Å². The van der Waals surface area contributed by atoms with Gasteiger partial charge in [-0.05, 0) is 18.4 Å². The average molecular weight is 244 g/mol. The zero-order valence-corrected chi connectivity index (χ0v) is 10.1.